The number of benzene rings is 1. The number of carbonyl (C=O) groups excluding carboxylic acids is 2. The van der Waals surface area contributed by atoms with Crippen molar-refractivity contribution in [3.05, 3.63) is 35.4 Å². The van der Waals surface area contributed by atoms with E-state index < -0.39 is 11.6 Å². The number of hydrogen-bond acceptors (Lipinski definition) is 3. The Kier molecular flexibility index (Phi) is 5.80. The van der Waals surface area contributed by atoms with E-state index in [1.807, 2.05) is 26.0 Å². The minimum Gasteiger partial charge on any atom is -0.446 e. The zero-order valence-electron chi connectivity index (χ0n) is 14.4. The van der Waals surface area contributed by atoms with Gasteiger partial charge in [0, 0.05) is 6.04 Å². The van der Waals surface area contributed by atoms with E-state index in [-0.39, 0.29) is 11.9 Å². The predicted molar refractivity (Wildman–Crippen MR) is 90.3 cm³/mol. The van der Waals surface area contributed by atoms with E-state index in [0.717, 1.165) is 31.2 Å². The van der Waals surface area contributed by atoms with Crippen LogP contribution in [0.5, 0.6) is 0 Å². The third kappa shape index (κ3) is 4.57. The molecule has 0 aliphatic heterocycles. The highest BCUT2D eigenvalue weighted by atomic mass is 16.6. The highest BCUT2D eigenvalue weighted by Gasteiger charge is 2.37. The molecule has 1 aliphatic rings. The van der Waals surface area contributed by atoms with E-state index in [4.69, 9.17) is 4.74 Å². The van der Waals surface area contributed by atoms with Crippen molar-refractivity contribution in [3.63, 3.8) is 0 Å². The lowest BCUT2D eigenvalue weighted by Crippen LogP contribution is -2.51. The maximum absolute atomic E-state index is 12.6. The Labute approximate surface area is 138 Å². The molecule has 1 N–H and O–H groups in total. The van der Waals surface area contributed by atoms with Gasteiger partial charge in [-0.25, -0.2) is 4.79 Å². The molecule has 1 fully saturated rings. The molecule has 0 spiro atoms. The number of esters is 1. The Morgan fingerprint density at radius 2 is 1.78 bits per heavy atom. The summed E-state index contributed by atoms with van der Waals surface area (Å²) < 4.78 is 5.57. The van der Waals surface area contributed by atoms with E-state index in [2.05, 4.69) is 5.32 Å². The van der Waals surface area contributed by atoms with Crippen LogP contribution in [0.3, 0.4) is 0 Å². The van der Waals surface area contributed by atoms with Crippen LogP contribution in [0.15, 0.2) is 24.3 Å². The van der Waals surface area contributed by atoms with Crippen molar-refractivity contribution in [1.29, 1.82) is 0 Å². The van der Waals surface area contributed by atoms with Gasteiger partial charge in [0.2, 0.25) is 0 Å². The molecule has 1 aliphatic carbocycles. The van der Waals surface area contributed by atoms with Crippen molar-refractivity contribution in [2.24, 2.45) is 0 Å². The molecular weight excluding hydrogens is 290 g/mol. The predicted octanol–water partition coefficient (Wildman–Crippen LogP) is 3.77. The average Bonchev–Trinajstić information content (AvgIpc) is 2.56. The maximum Gasteiger partial charge on any atom is 0.339 e. The van der Waals surface area contributed by atoms with Crippen LogP contribution in [0.2, 0.25) is 0 Å². The van der Waals surface area contributed by atoms with E-state index in [1.165, 1.54) is 6.42 Å². The average molecular weight is 317 g/mol. The Hall–Kier alpha value is -1.84. The number of hydrogen-bond donors (Lipinski definition) is 1. The van der Waals surface area contributed by atoms with Gasteiger partial charge in [0.25, 0.3) is 5.91 Å². The second-order valence-electron chi connectivity index (χ2n) is 6.65. The molecule has 1 saturated carbocycles. The molecule has 4 nitrogen and oxygen atoms in total. The largest absolute Gasteiger partial charge is 0.446 e. The van der Waals surface area contributed by atoms with Gasteiger partial charge in [-0.2, -0.15) is 0 Å². The summed E-state index contributed by atoms with van der Waals surface area (Å²) in [5, 5.41) is 3.06. The molecule has 0 aromatic heterocycles. The molecule has 1 aromatic rings. The van der Waals surface area contributed by atoms with E-state index >= 15 is 0 Å². The Bertz CT molecular complexity index is 546. The van der Waals surface area contributed by atoms with Crippen LogP contribution in [0.1, 0.15) is 68.3 Å². The number of rotatable bonds is 5. The van der Waals surface area contributed by atoms with Crippen LogP contribution in [0.4, 0.5) is 0 Å². The summed E-state index contributed by atoms with van der Waals surface area (Å²) in [5.74, 6) is -0.638. The highest BCUT2D eigenvalue weighted by Crippen LogP contribution is 2.22. The van der Waals surface area contributed by atoms with Gasteiger partial charge in [-0.1, -0.05) is 43.9 Å². The molecule has 4 heteroatoms. The lowest BCUT2D eigenvalue weighted by Gasteiger charge is -2.31. The Balaban J connectivity index is 2.01. The van der Waals surface area contributed by atoms with Gasteiger partial charge in [0.05, 0.1) is 5.56 Å². The van der Waals surface area contributed by atoms with Gasteiger partial charge in [0.1, 0.15) is 0 Å². The zero-order chi connectivity index (χ0) is 16.9. The minimum absolute atomic E-state index is 0.188. The SMILES string of the molecule is CCC(C)(OC(=O)c1ccc(C)cc1)C(=O)NC1CCCCC1. The summed E-state index contributed by atoms with van der Waals surface area (Å²) in [6, 6.07) is 7.39. The number of ether oxygens (including phenoxy) is 1. The van der Waals surface area contributed by atoms with Crippen LogP contribution in [-0.4, -0.2) is 23.5 Å². The van der Waals surface area contributed by atoms with Crippen LogP contribution in [-0.2, 0) is 9.53 Å². The lowest BCUT2D eigenvalue weighted by atomic mass is 9.94. The quantitative estimate of drug-likeness (QED) is 0.841. The number of nitrogens with one attached hydrogen (secondary N) is 1. The summed E-state index contributed by atoms with van der Waals surface area (Å²) in [6.45, 7) is 5.52. The molecular formula is C19H27NO3. The molecule has 1 amide bonds. The van der Waals surface area contributed by atoms with Crippen molar-refractivity contribution in [3.8, 4) is 0 Å². The van der Waals surface area contributed by atoms with E-state index in [9.17, 15) is 9.59 Å². The Morgan fingerprint density at radius 3 is 2.35 bits per heavy atom. The van der Waals surface area contributed by atoms with Crippen LogP contribution in [0.25, 0.3) is 0 Å². The molecule has 2 rings (SSSR count). The lowest BCUT2D eigenvalue weighted by molar-refractivity contribution is -0.140. The van der Waals surface area contributed by atoms with Crippen molar-refractivity contribution in [2.75, 3.05) is 0 Å². The van der Waals surface area contributed by atoms with Gasteiger partial charge in [0.15, 0.2) is 5.60 Å². The smallest absolute Gasteiger partial charge is 0.339 e. The fourth-order valence-electron chi connectivity index (χ4n) is 2.82. The molecule has 0 saturated heterocycles. The summed E-state index contributed by atoms with van der Waals surface area (Å²) in [7, 11) is 0. The molecule has 0 radical (unpaired) electrons. The van der Waals surface area contributed by atoms with Crippen molar-refractivity contribution >= 4 is 11.9 Å². The van der Waals surface area contributed by atoms with Gasteiger partial charge in [-0.15, -0.1) is 0 Å². The normalized spacial score (nSPS) is 18.0. The van der Waals surface area contributed by atoms with Gasteiger partial charge in [-0.3, -0.25) is 4.79 Å². The van der Waals surface area contributed by atoms with Crippen molar-refractivity contribution < 1.29 is 14.3 Å². The first-order valence-electron chi connectivity index (χ1n) is 8.55. The molecule has 1 atom stereocenters. The molecule has 23 heavy (non-hydrogen) atoms. The minimum atomic E-state index is -1.13. The second kappa shape index (κ2) is 7.62. The third-order valence-electron chi connectivity index (χ3n) is 4.70. The van der Waals surface area contributed by atoms with Crippen LogP contribution in [0, 0.1) is 6.92 Å². The second-order valence-corrected chi connectivity index (χ2v) is 6.65. The van der Waals surface area contributed by atoms with Gasteiger partial charge >= 0.3 is 5.97 Å². The summed E-state index contributed by atoms with van der Waals surface area (Å²) >= 11 is 0. The van der Waals surface area contributed by atoms with Crippen molar-refractivity contribution in [2.45, 2.75) is 70.9 Å². The fraction of sp³-hybridized carbons (Fsp3) is 0.579. The van der Waals surface area contributed by atoms with E-state index in [1.54, 1.807) is 19.1 Å². The van der Waals surface area contributed by atoms with Crippen molar-refractivity contribution in [1.82, 2.24) is 5.32 Å². The van der Waals surface area contributed by atoms with E-state index in [0.29, 0.717) is 12.0 Å². The first-order chi connectivity index (χ1) is 10.9. The monoisotopic (exact) mass is 317 g/mol. The molecule has 126 valence electrons. The number of aryl methyl sites for hydroxylation is 1. The summed E-state index contributed by atoms with van der Waals surface area (Å²) in [4.78, 5) is 24.9. The topological polar surface area (TPSA) is 55.4 Å². The standard InChI is InChI=1S/C19H27NO3/c1-4-19(3,18(22)20-16-8-6-5-7-9-16)23-17(21)15-12-10-14(2)11-13-15/h10-13,16H,4-9H2,1-3H3,(H,20,22). The number of carbonyl (C=O) groups is 2. The fourth-order valence-corrected chi connectivity index (χ4v) is 2.82. The first kappa shape index (κ1) is 17.5. The highest BCUT2D eigenvalue weighted by molar-refractivity contribution is 5.94. The van der Waals surface area contributed by atoms with Crippen LogP contribution >= 0.6 is 0 Å². The molecule has 0 heterocycles. The summed E-state index contributed by atoms with van der Waals surface area (Å²) in [5.41, 5.74) is 0.426. The van der Waals surface area contributed by atoms with Gasteiger partial charge in [-0.05, 0) is 45.2 Å². The van der Waals surface area contributed by atoms with Crippen LogP contribution < -0.4 is 5.32 Å². The maximum atomic E-state index is 12.6. The molecule has 1 aromatic carbocycles. The third-order valence-corrected chi connectivity index (χ3v) is 4.70. The molecule has 0 bridgehead atoms. The number of amides is 1. The summed E-state index contributed by atoms with van der Waals surface area (Å²) in [6.07, 6.45) is 6.01. The molecule has 1 unspecified atom stereocenters. The van der Waals surface area contributed by atoms with Gasteiger partial charge < -0.3 is 10.1 Å². The Morgan fingerprint density at radius 1 is 1.17 bits per heavy atom. The first-order valence-corrected chi connectivity index (χ1v) is 8.55. The zero-order valence-corrected chi connectivity index (χ0v) is 14.4.